The molecule has 59 heavy (non-hydrogen) atoms. The van der Waals surface area contributed by atoms with Crippen LogP contribution in [0.25, 0.3) is 44.5 Å². The normalized spacial score (nSPS) is 15.5. The van der Waals surface area contributed by atoms with Gasteiger partial charge in [0.25, 0.3) is 0 Å². The van der Waals surface area contributed by atoms with Gasteiger partial charge in [-0.3, -0.25) is 0 Å². The SMILES string of the molecule is CC1(C)c2ccccc2-c2ccc(N(c3cccc(-c4ccccc4)c3)c3ccc4c(c3)C(c3ccccc3)(c3ccc(-c5ccccc5)cc3)c3ccccc3-4)cc21. The Balaban J connectivity index is 1.15. The molecule has 1 heteroatoms. The van der Waals surface area contributed by atoms with Crippen molar-refractivity contribution >= 4 is 17.1 Å². The molecule has 280 valence electrons. The van der Waals surface area contributed by atoms with Gasteiger partial charge in [-0.1, -0.05) is 202 Å². The van der Waals surface area contributed by atoms with E-state index < -0.39 is 5.41 Å². The molecule has 0 aliphatic heterocycles. The minimum Gasteiger partial charge on any atom is -0.310 e. The Labute approximate surface area is 347 Å². The van der Waals surface area contributed by atoms with Crippen molar-refractivity contribution in [3.8, 4) is 44.5 Å². The highest BCUT2D eigenvalue weighted by Gasteiger charge is 2.46. The third-order valence-corrected chi connectivity index (χ3v) is 13.0. The molecule has 0 heterocycles. The summed E-state index contributed by atoms with van der Waals surface area (Å²) in [5, 5.41) is 0. The maximum atomic E-state index is 2.48. The number of hydrogen-bond acceptors (Lipinski definition) is 1. The van der Waals surface area contributed by atoms with Crippen LogP contribution in [0, 0.1) is 0 Å². The van der Waals surface area contributed by atoms with E-state index >= 15 is 0 Å². The van der Waals surface area contributed by atoms with E-state index in [1.807, 2.05) is 0 Å². The second kappa shape index (κ2) is 13.7. The third-order valence-electron chi connectivity index (χ3n) is 13.0. The zero-order chi connectivity index (χ0) is 39.6. The zero-order valence-electron chi connectivity index (χ0n) is 33.3. The van der Waals surface area contributed by atoms with E-state index in [1.54, 1.807) is 0 Å². The summed E-state index contributed by atoms with van der Waals surface area (Å²) in [6.45, 7) is 4.73. The molecule has 0 fully saturated rings. The molecule has 9 aromatic rings. The maximum Gasteiger partial charge on any atom is 0.0714 e. The van der Waals surface area contributed by atoms with Crippen LogP contribution < -0.4 is 4.90 Å². The predicted molar refractivity (Wildman–Crippen MR) is 247 cm³/mol. The molecule has 11 rings (SSSR count). The minimum absolute atomic E-state index is 0.131. The first kappa shape index (κ1) is 35.0. The van der Waals surface area contributed by atoms with Gasteiger partial charge in [-0.25, -0.2) is 0 Å². The molecule has 0 saturated heterocycles. The molecule has 1 nitrogen and oxygen atoms in total. The third kappa shape index (κ3) is 5.46. The van der Waals surface area contributed by atoms with E-state index in [0.29, 0.717) is 0 Å². The molecule has 0 radical (unpaired) electrons. The molecule has 0 amide bonds. The van der Waals surface area contributed by atoms with Crippen molar-refractivity contribution in [1.82, 2.24) is 0 Å². The summed E-state index contributed by atoms with van der Waals surface area (Å²) in [5.74, 6) is 0. The summed E-state index contributed by atoms with van der Waals surface area (Å²) < 4.78 is 0. The van der Waals surface area contributed by atoms with Gasteiger partial charge in [0.15, 0.2) is 0 Å². The van der Waals surface area contributed by atoms with Gasteiger partial charge >= 0.3 is 0 Å². The summed E-state index contributed by atoms with van der Waals surface area (Å²) in [5.41, 5.74) is 20.5. The van der Waals surface area contributed by atoms with Gasteiger partial charge in [-0.05, 0) is 114 Å². The molecule has 2 aliphatic rings. The van der Waals surface area contributed by atoms with Crippen LogP contribution in [-0.2, 0) is 10.8 Å². The first-order valence-electron chi connectivity index (χ1n) is 20.7. The van der Waals surface area contributed by atoms with E-state index in [2.05, 4.69) is 243 Å². The molecule has 1 unspecified atom stereocenters. The number of rotatable bonds is 7. The monoisotopic (exact) mass is 753 g/mol. The Morgan fingerprint density at radius 3 is 1.39 bits per heavy atom. The van der Waals surface area contributed by atoms with E-state index in [-0.39, 0.29) is 5.41 Å². The molecule has 9 aromatic carbocycles. The number of benzene rings is 9. The molecular formula is C58H43N. The molecule has 1 atom stereocenters. The standard InChI is InChI=1S/C58H43N/c1-57(2)53-27-14-12-25-49(53)51-35-33-47(38-55(51)57)59(46-24-16-21-43(37-46)41-19-8-4-9-20-41)48-34-36-52-50-26-13-15-28-54(50)58(56(52)39-48,44-22-10-5-11-23-44)45-31-29-42(30-32-45)40-17-6-3-7-18-40/h3-39H,1-2H3. The van der Waals surface area contributed by atoms with Gasteiger partial charge in [-0.2, -0.15) is 0 Å². The van der Waals surface area contributed by atoms with Crippen LogP contribution in [0.3, 0.4) is 0 Å². The van der Waals surface area contributed by atoms with Crippen molar-refractivity contribution in [3.63, 3.8) is 0 Å². The van der Waals surface area contributed by atoms with Gasteiger partial charge in [-0.15, -0.1) is 0 Å². The number of fused-ring (bicyclic) bond motifs is 6. The molecule has 2 aliphatic carbocycles. The Morgan fingerprint density at radius 2 is 0.729 bits per heavy atom. The highest BCUT2D eigenvalue weighted by Crippen LogP contribution is 2.58. The van der Waals surface area contributed by atoms with Crippen molar-refractivity contribution < 1.29 is 0 Å². The molecule has 0 aromatic heterocycles. The van der Waals surface area contributed by atoms with Crippen molar-refractivity contribution in [1.29, 1.82) is 0 Å². The van der Waals surface area contributed by atoms with Crippen molar-refractivity contribution in [2.24, 2.45) is 0 Å². The van der Waals surface area contributed by atoms with Crippen LogP contribution in [0.1, 0.15) is 47.2 Å². The highest BCUT2D eigenvalue weighted by molar-refractivity contribution is 5.91. The fraction of sp³-hybridized carbons (Fsp3) is 0.0690. The molecule has 0 saturated carbocycles. The van der Waals surface area contributed by atoms with Crippen molar-refractivity contribution in [2.45, 2.75) is 24.7 Å². The second-order valence-corrected chi connectivity index (χ2v) is 16.5. The highest BCUT2D eigenvalue weighted by atomic mass is 15.1. The summed E-state index contributed by atoms with van der Waals surface area (Å²) in [4.78, 5) is 2.48. The summed E-state index contributed by atoms with van der Waals surface area (Å²) in [7, 11) is 0. The second-order valence-electron chi connectivity index (χ2n) is 16.5. The lowest BCUT2D eigenvalue weighted by atomic mass is 9.67. The average Bonchev–Trinajstić information content (AvgIpc) is 3.72. The van der Waals surface area contributed by atoms with Gasteiger partial charge in [0.05, 0.1) is 5.41 Å². The first-order chi connectivity index (χ1) is 29.0. The Kier molecular flexibility index (Phi) is 8.13. The predicted octanol–water partition coefficient (Wildman–Crippen LogP) is 15.2. The minimum atomic E-state index is -0.544. The summed E-state index contributed by atoms with van der Waals surface area (Å²) >= 11 is 0. The van der Waals surface area contributed by atoms with E-state index in [0.717, 1.165) is 17.1 Å². The Bertz CT molecular complexity index is 3000. The maximum absolute atomic E-state index is 2.48. The van der Waals surface area contributed by atoms with Gasteiger partial charge in [0.2, 0.25) is 0 Å². The molecule has 0 N–H and O–H groups in total. The van der Waals surface area contributed by atoms with Crippen LogP contribution in [-0.4, -0.2) is 0 Å². The topological polar surface area (TPSA) is 3.24 Å². The van der Waals surface area contributed by atoms with Gasteiger partial charge in [0, 0.05) is 22.5 Å². The summed E-state index contributed by atoms with van der Waals surface area (Å²) in [6, 6.07) is 83.1. The largest absolute Gasteiger partial charge is 0.310 e. The molecule has 0 spiro atoms. The Hall–Kier alpha value is -7.22. The van der Waals surface area contributed by atoms with Crippen LogP contribution in [0.4, 0.5) is 17.1 Å². The van der Waals surface area contributed by atoms with Gasteiger partial charge < -0.3 is 4.90 Å². The number of nitrogens with zero attached hydrogens (tertiary/aromatic N) is 1. The lowest BCUT2D eigenvalue weighted by Crippen LogP contribution is -2.28. The van der Waals surface area contributed by atoms with Gasteiger partial charge in [0.1, 0.15) is 0 Å². The summed E-state index contributed by atoms with van der Waals surface area (Å²) in [6.07, 6.45) is 0. The lowest BCUT2D eigenvalue weighted by Gasteiger charge is -2.35. The number of anilines is 3. The number of hydrogen-bond donors (Lipinski definition) is 0. The molecule has 0 bridgehead atoms. The lowest BCUT2D eigenvalue weighted by molar-refractivity contribution is 0.660. The Morgan fingerprint density at radius 1 is 0.288 bits per heavy atom. The first-order valence-corrected chi connectivity index (χ1v) is 20.7. The van der Waals surface area contributed by atoms with Crippen LogP contribution in [0.15, 0.2) is 224 Å². The van der Waals surface area contributed by atoms with E-state index in [9.17, 15) is 0 Å². The quantitative estimate of drug-likeness (QED) is 0.157. The zero-order valence-corrected chi connectivity index (χ0v) is 33.3. The fourth-order valence-electron chi connectivity index (χ4n) is 10.2. The average molecular weight is 754 g/mol. The van der Waals surface area contributed by atoms with Crippen LogP contribution >= 0.6 is 0 Å². The fourth-order valence-corrected chi connectivity index (χ4v) is 10.2. The van der Waals surface area contributed by atoms with Crippen molar-refractivity contribution in [2.75, 3.05) is 4.90 Å². The van der Waals surface area contributed by atoms with E-state index in [1.165, 1.54) is 77.9 Å². The van der Waals surface area contributed by atoms with Crippen LogP contribution in [0.5, 0.6) is 0 Å². The molecular weight excluding hydrogens is 711 g/mol. The smallest absolute Gasteiger partial charge is 0.0714 e. The van der Waals surface area contributed by atoms with E-state index in [4.69, 9.17) is 0 Å². The van der Waals surface area contributed by atoms with Crippen LogP contribution in [0.2, 0.25) is 0 Å². The van der Waals surface area contributed by atoms with Crippen molar-refractivity contribution in [3.05, 3.63) is 258 Å².